The number of anilines is 1. The number of benzene rings is 1. The van der Waals surface area contributed by atoms with Crippen LogP contribution in [0.5, 0.6) is 11.6 Å². The average Bonchev–Trinajstić information content (AvgIpc) is 2.89. The SMILES string of the molecule is CNC(=O)c1cn2nc(Oc3cccc(N)c3)ccc2n1. The lowest BCUT2D eigenvalue weighted by molar-refractivity contribution is 0.0958. The van der Waals surface area contributed by atoms with Crippen LogP contribution in [0.1, 0.15) is 10.5 Å². The maximum atomic E-state index is 11.5. The summed E-state index contributed by atoms with van der Waals surface area (Å²) in [5, 5.41) is 6.76. The number of imidazole rings is 1. The fourth-order valence-corrected chi connectivity index (χ4v) is 1.86. The third-order valence-corrected chi connectivity index (χ3v) is 2.84. The molecule has 3 aromatic rings. The van der Waals surface area contributed by atoms with Crippen molar-refractivity contribution in [3.8, 4) is 11.6 Å². The average molecular weight is 283 g/mol. The highest BCUT2D eigenvalue weighted by Gasteiger charge is 2.10. The van der Waals surface area contributed by atoms with Crippen LogP contribution < -0.4 is 15.8 Å². The van der Waals surface area contributed by atoms with E-state index < -0.39 is 0 Å². The molecule has 1 aromatic carbocycles. The molecule has 1 amide bonds. The number of nitrogens with two attached hydrogens (primary N) is 1. The van der Waals surface area contributed by atoms with Gasteiger partial charge in [0.25, 0.3) is 5.91 Å². The first-order chi connectivity index (χ1) is 10.2. The van der Waals surface area contributed by atoms with Crippen molar-refractivity contribution < 1.29 is 9.53 Å². The molecular weight excluding hydrogens is 270 g/mol. The van der Waals surface area contributed by atoms with Gasteiger partial charge in [-0.15, -0.1) is 5.10 Å². The number of nitrogen functional groups attached to an aromatic ring is 1. The number of carbonyl (C=O) groups excluding carboxylic acids is 1. The zero-order chi connectivity index (χ0) is 14.8. The molecule has 2 heterocycles. The molecule has 0 aliphatic rings. The summed E-state index contributed by atoms with van der Waals surface area (Å²) in [5.41, 5.74) is 7.16. The summed E-state index contributed by atoms with van der Waals surface area (Å²) in [4.78, 5) is 15.7. The van der Waals surface area contributed by atoms with E-state index in [1.54, 1.807) is 49.6 Å². The molecule has 2 aromatic heterocycles. The molecule has 21 heavy (non-hydrogen) atoms. The van der Waals surface area contributed by atoms with Gasteiger partial charge in [0.2, 0.25) is 5.88 Å². The van der Waals surface area contributed by atoms with Crippen LogP contribution in [0.25, 0.3) is 5.65 Å². The molecule has 3 rings (SSSR count). The Labute approximate surface area is 120 Å². The summed E-state index contributed by atoms with van der Waals surface area (Å²) in [6, 6.07) is 10.5. The van der Waals surface area contributed by atoms with Crippen molar-refractivity contribution in [1.82, 2.24) is 19.9 Å². The van der Waals surface area contributed by atoms with Crippen molar-refractivity contribution in [1.29, 1.82) is 0 Å². The highest BCUT2D eigenvalue weighted by atomic mass is 16.5. The number of aromatic nitrogens is 3. The van der Waals surface area contributed by atoms with Crippen LogP contribution in [0.4, 0.5) is 5.69 Å². The second-order valence-electron chi connectivity index (χ2n) is 4.35. The van der Waals surface area contributed by atoms with Gasteiger partial charge in [-0.05, 0) is 18.2 Å². The summed E-state index contributed by atoms with van der Waals surface area (Å²) >= 11 is 0. The molecule has 0 saturated carbocycles. The van der Waals surface area contributed by atoms with Crippen molar-refractivity contribution in [2.45, 2.75) is 0 Å². The summed E-state index contributed by atoms with van der Waals surface area (Å²) in [6.07, 6.45) is 1.54. The smallest absolute Gasteiger partial charge is 0.271 e. The highest BCUT2D eigenvalue weighted by molar-refractivity contribution is 5.92. The van der Waals surface area contributed by atoms with Gasteiger partial charge in [-0.3, -0.25) is 4.79 Å². The Kier molecular flexibility index (Phi) is 3.15. The third kappa shape index (κ3) is 2.62. The van der Waals surface area contributed by atoms with E-state index in [0.29, 0.717) is 28.7 Å². The molecule has 0 saturated heterocycles. The molecule has 0 aliphatic carbocycles. The van der Waals surface area contributed by atoms with E-state index in [1.165, 1.54) is 4.52 Å². The lowest BCUT2D eigenvalue weighted by Gasteiger charge is -2.05. The molecule has 7 heteroatoms. The Bertz CT molecular complexity index is 812. The molecule has 7 nitrogen and oxygen atoms in total. The Morgan fingerprint density at radius 3 is 2.95 bits per heavy atom. The van der Waals surface area contributed by atoms with Gasteiger partial charge < -0.3 is 15.8 Å². The molecule has 0 bridgehead atoms. The number of carbonyl (C=O) groups is 1. The second-order valence-corrected chi connectivity index (χ2v) is 4.35. The molecule has 0 spiro atoms. The summed E-state index contributed by atoms with van der Waals surface area (Å²) in [5.74, 6) is 0.709. The molecule has 0 radical (unpaired) electrons. The van der Waals surface area contributed by atoms with Gasteiger partial charge in [-0.2, -0.15) is 0 Å². The molecule has 106 valence electrons. The Morgan fingerprint density at radius 1 is 1.33 bits per heavy atom. The minimum atomic E-state index is -0.265. The van der Waals surface area contributed by atoms with E-state index >= 15 is 0 Å². The van der Waals surface area contributed by atoms with Crippen molar-refractivity contribution in [2.75, 3.05) is 12.8 Å². The van der Waals surface area contributed by atoms with Crippen molar-refractivity contribution in [3.05, 3.63) is 48.3 Å². The summed E-state index contributed by atoms with van der Waals surface area (Å²) < 4.78 is 7.12. The normalized spacial score (nSPS) is 10.5. The second kappa shape index (κ2) is 5.12. The van der Waals surface area contributed by atoms with Crippen LogP contribution in [-0.4, -0.2) is 27.6 Å². The standard InChI is InChI=1S/C14H13N5O2/c1-16-14(20)11-8-19-12(17-11)5-6-13(18-19)21-10-4-2-3-9(15)7-10/h2-8H,15H2,1H3,(H,16,20). The molecule has 0 atom stereocenters. The number of ether oxygens (including phenoxy) is 1. The number of fused-ring (bicyclic) bond motifs is 1. The highest BCUT2D eigenvalue weighted by Crippen LogP contribution is 2.21. The number of hydrogen-bond acceptors (Lipinski definition) is 5. The molecule has 0 fully saturated rings. The fraction of sp³-hybridized carbons (Fsp3) is 0.0714. The van der Waals surface area contributed by atoms with Gasteiger partial charge in [0.1, 0.15) is 11.4 Å². The van der Waals surface area contributed by atoms with E-state index in [-0.39, 0.29) is 5.91 Å². The Balaban J connectivity index is 1.92. The van der Waals surface area contributed by atoms with E-state index in [4.69, 9.17) is 10.5 Å². The maximum Gasteiger partial charge on any atom is 0.271 e. The first-order valence-electron chi connectivity index (χ1n) is 6.27. The molecule has 0 unspecified atom stereocenters. The third-order valence-electron chi connectivity index (χ3n) is 2.84. The van der Waals surface area contributed by atoms with Crippen molar-refractivity contribution >= 4 is 17.2 Å². The minimum Gasteiger partial charge on any atom is -0.438 e. The van der Waals surface area contributed by atoms with Crippen LogP contribution in [0.2, 0.25) is 0 Å². The van der Waals surface area contributed by atoms with Gasteiger partial charge in [0.05, 0.1) is 6.20 Å². The van der Waals surface area contributed by atoms with Gasteiger partial charge in [-0.25, -0.2) is 9.50 Å². The van der Waals surface area contributed by atoms with Gasteiger partial charge in [-0.1, -0.05) is 6.07 Å². The summed E-state index contributed by atoms with van der Waals surface area (Å²) in [6.45, 7) is 0. The quantitative estimate of drug-likeness (QED) is 0.710. The van der Waals surface area contributed by atoms with E-state index in [2.05, 4.69) is 15.4 Å². The number of amides is 1. The van der Waals surface area contributed by atoms with Gasteiger partial charge >= 0.3 is 0 Å². The maximum absolute atomic E-state index is 11.5. The van der Waals surface area contributed by atoms with Gasteiger partial charge in [0.15, 0.2) is 5.65 Å². The largest absolute Gasteiger partial charge is 0.438 e. The van der Waals surface area contributed by atoms with Crippen LogP contribution in [-0.2, 0) is 0 Å². The van der Waals surface area contributed by atoms with Crippen LogP contribution >= 0.6 is 0 Å². The van der Waals surface area contributed by atoms with Crippen LogP contribution in [0.15, 0.2) is 42.6 Å². The number of rotatable bonds is 3. The first-order valence-corrected chi connectivity index (χ1v) is 6.27. The van der Waals surface area contributed by atoms with E-state index in [1.807, 2.05) is 0 Å². The molecular formula is C14H13N5O2. The number of nitrogens with one attached hydrogen (secondary N) is 1. The van der Waals surface area contributed by atoms with Crippen molar-refractivity contribution in [3.63, 3.8) is 0 Å². The Hall–Kier alpha value is -3.09. The zero-order valence-corrected chi connectivity index (χ0v) is 11.3. The summed E-state index contributed by atoms with van der Waals surface area (Å²) in [7, 11) is 1.55. The zero-order valence-electron chi connectivity index (χ0n) is 11.3. The number of nitrogens with zero attached hydrogens (tertiary/aromatic N) is 3. The van der Waals surface area contributed by atoms with Crippen molar-refractivity contribution in [2.24, 2.45) is 0 Å². The topological polar surface area (TPSA) is 94.5 Å². The lowest BCUT2D eigenvalue weighted by atomic mass is 10.3. The van der Waals surface area contributed by atoms with E-state index in [0.717, 1.165) is 0 Å². The fourth-order valence-electron chi connectivity index (χ4n) is 1.86. The monoisotopic (exact) mass is 283 g/mol. The number of hydrogen-bond donors (Lipinski definition) is 2. The lowest BCUT2D eigenvalue weighted by Crippen LogP contribution is -2.17. The van der Waals surface area contributed by atoms with Crippen LogP contribution in [0.3, 0.4) is 0 Å². The predicted molar refractivity (Wildman–Crippen MR) is 77.3 cm³/mol. The first kappa shape index (κ1) is 12.9. The Morgan fingerprint density at radius 2 is 2.19 bits per heavy atom. The minimum absolute atomic E-state index is 0.265. The molecule has 3 N–H and O–H groups in total. The van der Waals surface area contributed by atoms with Crippen LogP contribution in [0, 0.1) is 0 Å². The van der Waals surface area contributed by atoms with E-state index in [9.17, 15) is 4.79 Å². The van der Waals surface area contributed by atoms with Gasteiger partial charge in [0, 0.05) is 24.9 Å². The molecule has 0 aliphatic heterocycles. The predicted octanol–water partition coefficient (Wildman–Crippen LogP) is 1.46.